The first-order valence-electron chi connectivity index (χ1n) is 6.16. The SMILES string of the molecule is Cc1c(C)c(C)[c-](C)c1C.Cc1ccccc1.[Ru+]. The van der Waals surface area contributed by atoms with E-state index >= 15 is 0 Å². The number of hydrogen-bond acceptors (Lipinski definition) is 0. The molecule has 0 aromatic heterocycles. The van der Waals surface area contributed by atoms with Crippen LogP contribution in [0.1, 0.15) is 33.4 Å². The molecule has 1 radical (unpaired) electrons. The molecule has 0 aliphatic rings. The molecule has 0 nitrogen and oxygen atoms in total. The van der Waals surface area contributed by atoms with E-state index in [-0.39, 0.29) is 19.5 Å². The van der Waals surface area contributed by atoms with Crippen molar-refractivity contribution in [3.8, 4) is 0 Å². The number of benzene rings is 1. The van der Waals surface area contributed by atoms with Crippen LogP contribution >= 0.6 is 0 Å². The van der Waals surface area contributed by atoms with Crippen molar-refractivity contribution in [1.29, 1.82) is 0 Å². The van der Waals surface area contributed by atoms with E-state index in [0.717, 1.165) is 0 Å². The van der Waals surface area contributed by atoms with Crippen molar-refractivity contribution in [2.45, 2.75) is 41.5 Å². The summed E-state index contributed by atoms with van der Waals surface area (Å²) in [5.74, 6) is 0. The molecule has 1 heteroatoms. The molecule has 0 N–H and O–H groups in total. The second-order valence-electron chi connectivity index (χ2n) is 4.78. The first-order valence-corrected chi connectivity index (χ1v) is 6.16. The average molecular weight is 328 g/mol. The number of aryl methyl sites for hydroxylation is 1. The molecule has 0 fully saturated rings. The van der Waals surface area contributed by atoms with Gasteiger partial charge in [-0.05, 0) is 6.92 Å². The Hall–Kier alpha value is -0.807. The second-order valence-corrected chi connectivity index (χ2v) is 4.78. The molecule has 2 aromatic rings. The molecule has 99 valence electrons. The maximum Gasteiger partial charge on any atom is 1.00 e. The van der Waals surface area contributed by atoms with Crippen LogP contribution in [0.2, 0.25) is 0 Å². The maximum absolute atomic E-state index is 2.20. The molecule has 0 heterocycles. The van der Waals surface area contributed by atoms with E-state index in [1.807, 2.05) is 18.2 Å². The van der Waals surface area contributed by atoms with Gasteiger partial charge in [0.05, 0.1) is 0 Å². The van der Waals surface area contributed by atoms with Crippen molar-refractivity contribution < 1.29 is 19.5 Å². The van der Waals surface area contributed by atoms with Crippen LogP contribution in [0.25, 0.3) is 0 Å². The Morgan fingerprint density at radius 3 is 1.28 bits per heavy atom. The summed E-state index contributed by atoms with van der Waals surface area (Å²) in [5, 5.41) is 0. The second kappa shape index (κ2) is 7.59. The first-order chi connectivity index (χ1) is 7.95. The van der Waals surface area contributed by atoms with Gasteiger partial charge in [0.1, 0.15) is 0 Å². The Bertz CT molecular complexity index is 398. The molecule has 0 aliphatic carbocycles. The van der Waals surface area contributed by atoms with E-state index in [0.29, 0.717) is 0 Å². The Labute approximate surface area is 125 Å². The van der Waals surface area contributed by atoms with E-state index in [1.165, 1.54) is 33.4 Å². The first kappa shape index (κ1) is 17.2. The average Bonchev–Trinajstić information content (AvgIpc) is 2.49. The summed E-state index contributed by atoms with van der Waals surface area (Å²) in [5.41, 5.74) is 8.66. The summed E-state index contributed by atoms with van der Waals surface area (Å²) in [4.78, 5) is 0. The van der Waals surface area contributed by atoms with Crippen molar-refractivity contribution in [3.05, 3.63) is 63.7 Å². The molecular weight excluding hydrogens is 305 g/mol. The van der Waals surface area contributed by atoms with Gasteiger partial charge in [0.25, 0.3) is 0 Å². The fraction of sp³-hybridized carbons (Fsp3) is 0.353. The molecule has 0 saturated carbocycles. The van der Waals surface area contributed by atoms with Crippen LogP contribution in [0.3, 0.4) is 0 Å². The fourth-order valence-electron chi connectivity index (χ4n) is 1.94. The largest absolute Gasteiger partial charge is 1.00 e. The number of rotatable bonds is 0. The third kappa shape index (κ3) is 4.14. The zero-order valence-electron chi connectivity index (χ0n) is 12.2. The van der Waals surface area contributed by atoms with Crippen molar-refractivity contribution in [3.63, 3.8) is 0 Å². The predicted octanol–water partition coefficient (Wildman–Crippen LogP) is 4.94. The van der Waals surface area contributed by atoms with Crippen molar-refractivity contribution >= 4 is 0 Å². The van der Waals surface area contributed by atoms with Crippen LogP contribution < -0.4 is 0 Å². The minimum Gasteiger partial charge on any atom is -0.196 e. The fourth-order valence-corrected chi connectivity index (χ4v) is 1.94. The molecule has 0 bridgehead atoms. The van der Waals surface area contributed by atoms with E-state index in [4.69, 9.17) is 0 Å². The maximum atomic E-state index is 2.20. The summed E-state index contributed by atoms with van der Waals surface area (Å²) in [6.07, 6.45) is 0. The Morgan fingerprint density at radius 1 is 0.722 bits per heavy atom. The van der Waals surface area contributed by atoms with Crippen molar-refractivity contribution in [1.82, 2.24) is 0 Å². The van der Waals surface area contributed by atoms with Gasteiger partial charge in [-0.2, -0.15) is 27.8 Å². The predicted molar refractivity (Wildman–Crippen MR) is 76.9 cm³/mol. The molecule has 2 rings (SSSR count). The molecule has 18 heavy (non-hydrogen) atoms. The summed E-state index contributed by atoms with van der Waals surface area (Å²) < 4.78 is 0. The quantitative estimate of drug-likeness (QED) is 0.475. The minimum absolute atomic E-state index is 0. The van der Waals surface area contributed by atoms with Gasteiger partial charge in [0, 0.05) is 0 Å². The van der Waals surface area contributed by atoms with Gasteiger partial charge < -0.3 is 0 Å². The molecule has 2 aromatic carbocycles. The Kier molecular flexibility index (Phi) is 7.25. The zero-order valence-corrected chi connectivity index (χ0v) is 14.0. The van der Waals surface area contributed by atoms with E-state index in [9.17, 15) is 0 Å². The van der Waals surface area contributed by atoms with Gasteiger partial charge in [0.15, 0.2) is 0 Å². The van der Waals surface area contributed by atoms with Crippen LogP contribution in [0.5, 0.6) is 0 Å². The van der Waals surface area contributed by atoms with Crippen LogP contribution in [-0.2, 0) is 19.5 Å². The molecule has 0 atom stereocenters. The van der Waals surface area contributed by atoms with Crippen molar-refractivity contribution in [2.24, 2.45) is 0 Å². The molecular formula is C17H23Ru. The van der Waals surface area contributed by atoms with Crippen LogP contribution in [0.15, 0.2) is 30.3 Å². The van der Waals surface area contributed by atoms with Crippen LogP contribution in [-0.4, -0.2) is 0 Å². The Morgan fingerprint density at radius 2 is 1.11 bits per heavy atom. The number of hydrogen-bond donors (Lipinski definition) is 0. The van der Waals surface area contributed by atoms with Gasteiger partial charge >= 0.3 is 19.5 Å². The normalized spacial score (nSPS) is 9.22. The summed E-state index contributed by atoms with van der Waals surface area (Å²) in [7, 11) is 0. The van der Waals surface area contributed by atoms with Gasteiger partial charge in [-0.25, -0.2) is 0 Å². The zero-order chi connectivity index (χ0) is 13.0. The van der Waals surface area contributed by atoms with E-state index in [2.05, 4.69) is 53.7 Å². The van der Waals surface area contributed by atoms with E-state index < -0.39 is 0 Å². The van der Waals surface area contributed by atoms with Crippen LogP contribution in [0, 0.1) is 41.5 Å². The summed E-state index contributed by atoms with van der Waals surface area (Å²) >= 11 is 0. The van der Waals surface area contributed by atoms with Gasteiger partial charge in [-0.15, -0.1) is 0 Å². The smallest absolute Gasteiger partial charge is 0.196 e. The minimum atomic E-state index is 0. The topological polar surface area (TPSA) is 0 Å². The standard InChI is InChI=1S/C10H15.C7H8.Ru/c1-6-7(2)9(4)10(5)8(6)3;1-7-5-3-2-4-6-7;/h1-5H3;2-6H,1H3;/q-1;;+1. The van der Waals surface area contributed by atoms with Crippen LogP contribution in [0.4, 0.5) is 0 Å². The Balaban J connectivity index is 0.000000321. The van der Waals surface area contributed by atoms with Gasteiger partial charge in [0.2, 0.25) is 0 Å². The van der Waals surface area contributed by atoms with E-state index in [1.54, 1.807) is 0 Å². The molecule has 0 saturated heterocycles. The van der Waals surface area contributed by atoms with Gasteiger partial charge in [-0.3, -0.25) is 0 Å². The molecule has 0 amide bonds. The monoisotopic (exact) mass is 329 g/mol. The molecule has 0 aliphatic heterocycles. The van der Waals surface area contributed by atoms with Crippen molar-refractivity contribution in [2.75, 3.05) is 0 Å². The summed E-state index contributed by atoms with van der Waals surface area (Å²) in [6.45, 7) is 13.1. The third-order valence-electron chi connectivity index (χ3n) is 3.75. The van der Waals surface area contributed by atoms with Gasteiger partial charge in [-0.1, -0.05) is 70.5 Å². The molecule has 0 unspecified atom stereocenters. The third-order valence-corrected chi connectivity index (χ3v) is 3.75. The molecule has 0 spiro atoms. The summed E-state index contributed by atoms with van der Waals surface area (Å²) in [6, 6.07) is 10.3.